The SMILES string of the molecule is COC(=O)/C=C1/c2ccccc2CN2CCCCC12. The third kappa shape index (κ3) is 2.30. The number of piperidine rings is 1. The molecule has 0 aliphatic carbocycles. The Morgan fingerprint density at radius 2 is 2.21 bits per heavy atom. The summed E-state index contributed by atoms with van der Waals surface area (Å²) < 4.78 is 4.81. The molecule has 0 bridgehead atoms. The molecule has 0 spiro atoms. The van der Waals surface area contributed by atoms with E-state index >= 15 is 0 Å². The average Bonchev–Trinajstić information content (AvgIpc) is 2.46. The second-order valence-electron chi connectivity index (χ2n) is 5.26. The van der Waals surface area contributed by atoms with E-state index in [-0.39, 0.29) is 5.97 Å². The van der Waals surface area contributed by atoms with Crippen LogP contribution in [0, 0.1) is 0 Å². The van der Waals surface area contributed by atoms with Crippen LogP contribution >= 0.6 is 0 Å². The van der Waals surface area contributed by atoms with Gasteiger partial charge in [0, 0.05) is 18.7 Å². The molecule has 1 atom stereocenters. The first-order valence-electron chi connectivity index (χ1n) is 6.91. The smallest absolute Gasteiger partial charge is 0.330 e. The van der Waals surface area contributed by atoms with Gasteiger partial charge >= 0.3 is 5.97 Å². The maximum Gasteiger partial charge on any atom is 0.330 e. The molecule has 19 heavy (non-hydrogen) atoms. The van der Waals surface area contributed by atoms with Crippen LogP contribution in [0.2, 0.25) is 0 Å². The van der Waals surface area contributed by atoms with E-state index in [0.717, 1.165) is 25.1 Å². The predicted molar refractivity (Wildman–Crippen MR) is 74.5 cm³/mol. The van der Waals surface area contributed by atoms with Crippen molar-refractivity contribution in [3.05, 3.63) is 41.5 Å². The zero-order valence-corrected chi connectivity index (χ0v) is 11.3. The van der Waals surface area contributed by atoms with Gasteiger partial charge in [-0.2, -0.15) is 0 Å². The zero-order chi connectivity index (χ0) is 13.2. The van der Waals surface area contributed by atoms with Gasteiger partial charge in [0.2, 0.25) is 0 Å². The molecule has 2 aliphatic rings. The Labute approximate surface area is 113 Å². The number of nitrogens with zero attached hydrogens (tertiary/aromatic N) is 1. The molecule has 3 nitrogen and oxygen atoms in total. The summed E-state index contributed by atoms with van der Waals surface area (Å²) in [6, 6.07) is 8.77. The van der Waals surface area contributed by atoms with Crippen molar-refractivity contribution in [2.24, 2.45) is 0 Å². The molecule has 2 heterocycles. The summed E-state index contributed by atoms with van der Waals surface area (Å²) in [6.45, 7) is 2.12. The van der Waals surface area contributed by atoms with E-state index in [1.165, 1.54) is 31.1 Å². The third-order valence-corrected chi connectivity index (χ3v) is 4.15. The number of methoxy groups -OCH3 is 1. The molecular formula is C16H19NO2. The van der Waals surface area contributed by atoms with E-state index in [1.54, 1.807) is 6.08 Å². The Bertz CT molecular complexity index is 521. The van der Waals surface area contributed by atoms with Gasteiger partial charge in [0.05, 0.1) is 7.11 Å². The number of carbonyl (C=O) groups excluding carboxylic acids is 1. The minimum absolute atomic E-state index is 0.253. The number of rotatable bonds is 1. The fraction of sp³-hybridized carbons (Fsp3) is 0.438. The Morgan fingerprint density at radius 1 is 1.37 bits per heavy atom. The largest absolute Gasteiger partial charge is 0.466 e. The number of hydrogen-bond acceptors (Lipinski definition) is 3. The molecule has 0 radical (unpaired) electrons. The molecule has 2 aliphatic heterocycles. The van der Waals surface area contributed by atoms with Crippen molar-refractivity contribution in [2.75, 3.05) is 13.7 Å². The molecule has 0 saturated carbocycles. The van der Waals surface area contributed by atoms with Crippen molar-refractivity contribution in [1.29, 1.82) is 0 Å². The quantitative estimate of drug-likeness (QED) is 0.572. The third-order valence-electron chi connectivity index (χ3n) is 4.15. The van der Waals surface area contributed by atoms with Crippen LogP contribution in [0.5, 0.6) is 0 Å². The maximum atomic E-state index is 11.6. The van der Waals surface area contributed by atoms with Gasteiger partial charge in [-0.3, -0.25) is 4.90 Å². The van der Waals surface area contributed by atoms with Crippen LogP contribution < -0.4 is 0 Å². The van der Waals surface area contributed by atoms with Crippen molar-refractivity contribution in [3.8, 4) is 0 Å². The molecule has 0 N–H and O–H groups in total. The van der Waals surface area contributed by atoms with E-state index in [1.807, 2.05) is 6.07 Å². The van der Waals surface area contributed by atoms with Gasteiger partial charge < -0.3 is 4.74 Å². The van der Waals surface area contributed by atoms with Crippen LogP contribution in [0.3, 0.4) is 0 Å². The van der Waals surface area contributed by atoms with Gasteiger partial charge in [0.15, 0.2) is 0 Å². The lowest BCUT2D eigenvalue weighted by atomic mass is 9.84. The summed E-state index contributed by atoms with van der Waals surface area (Å²) in [5.41, 5.74) is 3.67. The number of ether oxygens (including phenoxy) is 1. The highest BCUT2D eigenvalue weighted by atomic mass is 16.5. The van der Waals surface area contributed by atoms with Gasteiger partial charge in [-0.05, 0) is 36.1 Å². The number of esters is 1. The molecule has 1 saturated heterocycles. The first-order chi connectivity index (χ1) is 9.29. The summed E-state index contributed by atoms with van der Waals surface area (Å²) in [6.07, 6.45) is 5.31. The van der Waals surface area contributed by atoms with Gasteiger partial charge in [0.1, 0.15) is 0 Å². The van der Waals surface area contributed by atoms with Crippen LogP contribution in [-0.4, -0.2) is 30.6 Å². The van der Waals surface area contributed by atoms with E-state index in [0.29, 0.717) is 6.04 Å². The molecule has 0 aromatic heterocycles. The molecule has 100 valence electrons. The molecular weight excluding hydrogens is 238 g/mol. The number of fused-ring (bicyclic) bond motifs is 2. The van der Waals surface area contributed by atoms with Crippen molar-refractivity contribution in [2.45, 2.75) is 31.8 Å². The van der Waals surface area contributed by atoms with Crippen molar-refractivity contribution in [3.63, 3.8) is 0 Å². The lowest BCUT2D eigenvalue weighted by Crippen LogP contribution is -2.43. The molecule has 1 aromatic carbocycles. The summed E-state index contributed by atoms with van der Waals surface area (Å²) >= 11 is 0. The summed E-state index contributed by atoms with van der Waals surface area (Å²) in [7, 11) is 1.44. The molecule has 3 rings (SSSR count). The molecule has 1 unspecified atom stereocenters. The lowest BCUT2D eigenvalue weighted by Gasteiger charge is -2.41. The van der Waals surface area contributed by atoms with Crippen LogP contribution in [-0.2, 0) is 16.1 Å². The highest BCUT2D eigenvalue weighted by Gasteiger charge is 2.32. The maximum absolute atomic E-state index is 11.6. The first kappa shape index (κ1) is 12.4. The van der Waals surface area contributed by atoms with Gasteiger partial charge in [-0.1, -0.05) is 30.7 Å². The van der Waals surface area contributed by atoms with Gasteiger partial charge in [0.25, 0.3) is 0 Å². The fourth-order valence-electron chi connectivity index (χ4n) is 3.23. The van der Waals surface area contributed by atoms with E-state index < -0.39 is 0 Å². The normalized spacial score (nSPS) is 24.7. The zero-order valence-electron chi connectivity index (χ0n) is 11.3. The predicted octanol–water partition coefficient (Wildman–Crippen LogP) is 2.61. The van der Waals surface area contributed by atoms with Crippen molar-refractivity contribution >= 4 is 11.5 Å². The molecule has 1 aromatic rings. The highest BCUT2D eigenvalue weighted by Crippen LogP contribution is 2.37. The second-order valence-corrected chi connectivity index (χ2v) is 5.26. The second kappa shape index (κ2) is 5.17. The first-order valence-corrected chi connectivity index (χ1v) is 6.91. The number of benzene rings is 1. The summed E-state index contributed by atoms with van der Waals surface area (Å²) in [5.74, 6) is -0.253. The lowest BCUT2D eigenvalue weighted by molar-refractivity contribution is -0.134. The van der Waals surface area contributed by atoms with Crippen LogP contribution in [0.4, 0.5) is 0 Å². The van der Waals surface area contributed by atoms with E-state index in [9.17, 15) is 4.79 Å². The van der Waals surface area contributed by atoms with Gasteiger partial charge in [-0.25, -0.2) is 4.79 Å². The minimum atomic E-state index is -0.253. The van der Waals surface area contributed by atoms with E-state index in [4.69, 9.17) is 4.74 Å². The number of hydrogen-bond donors (Lipinski definition) is 0. The minimum Gasteiger partial charge on any atom is -0.466 e. The Balaban J connectivity index is 2.06. The Kier molecular flexibility index (Phi) is 3.38. The average molecular weight is 257 g/mol. The van der Waals surface area contributed by atoms with Crippen molar-refractivity contribution in [1.82, 2.24) is 4.90 Å². The standard InChI is InChI=1S/C16H19NO2/c1-19-16(18)10-14-13-7-3-2-6-12(13)11-17-9-5-4-8-15(14)17/h2-3,6-7,10,15H,4-5,8-9,11H2,1H3/b14-10-. The summed E-state index contributed by atoms with van der Waals surface area (Å²) in [5, 5.41) is 0. The molecule has 0 amide bonds. The van der Waals surface area contributed by atoms with Crippen LogP contribution in [0.1, 0.15) is 30.4 Å². The Morgan fingerprint density at radius 3 is 3.05 bits per heavy atom. The Hall–Kier alpha value is -1.61. The topological polar surface area (TPSA) is 29.5 Å². The monoisotopic (exact) mass is 257 g/mol. The summed E-state index contributed by atoms with van der Waals surface area (Å²) in [4.78, 5) is 14.1. The van der Waals surface area contributed by atoms with Crippen LogP contribution in [0.25, 0.3) is 5.57 Å². The molecule has 3 heteroatoms. The fourth-order valence-corrected chi connectivity index (χ4v) is 3.23. The van der Waals surface area contributed by atoms with Crippen molar-refractivity contribution < 1.29 is 9.53 Å². The van der Waals surface area contributed by atoms with Gasteiger partial charge in [-0.15, -0.1) is 0 Å². The highest BCUT2D eigenvalue weighted by molar-refractivity contribution is 5.93. The molecule has 1 fully saturated rings. The number of carbonyl (C=O) groups is 1. The van der Waals surface area contributed by atoms with E-state index in [2.05, 4.69) is 23.1 Å². The van der Waals surface area contributed by atoms with Crippen LogP contribution in [0.15, 0.2) is 30.3 Å².